The Morgan fingerprint density at radius 2 is 1.82 bits per heavy atom. The van der Waals surface area contributed by atoms with Crippen LogP contribution in [0.15, 0.2) is 53.3 Å². The van der Waals surface area contributed by atoms with E-state index in [0.29, 0.717) is 22.5 Å². The van der Waals surface area contributed by atoms with E-state index >= 15 is 0 Å². The lowest BCUT2D eigenvalue weighted by Crippen LogP contribution is -2.56. The van der Waals surface area contributed by atoms with Crippen molar-refractivity contribution >= 4 is 5.91 Å². The lowest BCUT2D eigenvalue weighted by molar-refractivity contribution is 0.0924. The highest BCUT2D eigenvalue weighted by Gasteiger charge is 2.19. The van der Waals surface area contributed by atoms with Gasteiger partial charge < -0.3 is 20.7 Å². The van der Waals surface area contributed by atoms with E-state index in [1.165, 1.54) is 0 Å². The molecule has 0 bridgehead atoms. The summed E-state index contributed by atoms with van der Waals surface area (Å²) < 4.78 is 0. The maximum absolute atomic E-state index is 12.2. The molecule has 4 N–H and O–H groups in total. The number of phenols is 1. The van der Waals surface area contributed by atoms with Crippen LogP contribution >= 0.6 is 0 Å². The van der Waals surface area contributed by atoms with Crippen LogP contribution in [-0.2, 0) is 0 Å². The summed E-state index contributed by atoms with van der Waals surface area (Å²) in [5.74, 6) is 0.0851. The molecule has 1 aromatic heterocycles. The number of carbonyl (C=O) groups excluding carboxylic acids is 1. The van der Waals surface area contributed by atoms with Crippen molar-refractivity contribution in [3.63, 3.8) is 0 Å². The summed E-state index contributed by atoms with van der Waals surface area (Å²) in [7, 11) is 0. The second-order valence-electron chi connectivity index (χ2n) is 6.89. The van der Waals surface area contributed by atoms with Gasteiger partial charge in [0.15, 0.2) is 0 Å². The Balaban J connectivity index is 1.61. The fourth-order valence-electron chi connectivity index (χ4n) is 3.04. The number of phenolic OH excluding ortho intramolecular Hbond substituents is 1. The van der Waals surface area contributed by atoms with Crippen molar-refractivity contribution in [2.45, 2.75) is 13.0 Å². The fraction of sp³-hybridized carbons (Fsp3) is 0.190. The van der Waals surface area contributed by atoms with Gasteiger partial charge >= 0.3 is 5.69 Å². The first-order valence-corrected chi connectivity index (χ1v) is 9.03. The van der Waals surface area contributed by atoms with E-state index in [1.54, 1.807) is 55.5 Å². The zero-order valence-electron chi connectivity index (χ0n) is 15.3. The standard InChI is InChI=1S/C21H20N4O3/c1-12-8-15(6-7-19(12)26)18-9-17(24-21(28)25-18)13-2-4-14(5-3-13)20(27)23-16-10-22-11-16/h2-9,16,22,26H,10-11H2,1H3,(H,23,27)(H,24,25,28). The average molecular weight is 376 g/mol. The van der Waals surface area contributed by atoms with Crippen LogP contribution in [0.3, 0.4) is 0 Å². The summed E-state index contributed by atoms with van der Waals surface area (Å²) in [6.45, 7) is 3.37. The topological polar surface area (TPSA) is 107 Å². The molecule has 28 heavy (non-hydrogen) atoms. The summed E-state index contributed by atoms with van der Waals surface area (Å²) >= 11 is 0. The molecule has 1 amide bonds. The predicted molar refractivity (Wildman–Crippen MR) is 106 cm³/mol. The number of hydrogen-bond donors (Lipinski definition) is 4. The van der Waals surface area contributed by atoms with Crippen LogP contribution in [0, 0.1) is 6.92 Å². The number of nitrogens with zero attached hydrogens (tertiary/aromatic N) is 1. The number of aromatic nitrogens is 2. The number of benzene rings is 2. The van der Waals surface area contributed by atoms with Crippen LogP contribution in [0.4, 0.5) is 0 Å². The predicted octanol–water partition coefficient (Wildman–Crippen LogP) is 1.82. The monoisotopic (exact) mass is 376 g/mol. The minimum absolute atomic E-state index is 0.110. The summed E-state index contributed by atoms with van der Waals surface area (Å²) in [4.78, 5) is 31.0. The van der Waals surface area contributed by atoms with Crippen molar-refractivity contribution in [2.24, 2.45) is 0 Å². The molecule has 7 heteroatoms. The molecule has 0 aliphatic carbocycles. The SMILES string of the molecule is Cc1cc(-c2cc(-c3ccc(C(=O)NC4CNC4)cc3)[nH]c(=O)n2)ccc1O. The van der Waals surface area contributed by atoms with E-state index in [0.717, 1.165) is 24.2 Å². The third-order valence-corrected chi connectivity index (χ3v) is 4.81. The Kier molecular flexibility index (Phi) is 4.67. The number of aryl methyl sites for hydroxylation is 1. The molecule has 1 aliphatic heterocycles. The summed E-state index contributed by atoms with van der Waals surface area (Å²) in [6.07, 6.45) is 0. The first-order valence-electron chi connectivity index (χ1n) is 9.03. The second-order valence-corrected chi connectivity index (χ2v) is 6.89. The van der Waals surface area contributed by atoms with Crippen molar-refractivity contribution in [3.8, 4) is 28.3 Å². The number of hydrogen-bond acceptors (Lipinski definition) is 5. The lowest BCUT2D eigenvalue weighted by Gasteiger charge is -2.27. The minimum atomic E-state index is -0.461. The van der Waals surface area contributed by atoms with E-state index < -0.39 is 5.69 Å². The lowest BCUT2D eigenvalue weighted by atomic mass is 10.0. The first-order chi connectivity index (χ1) is 13.5. The molecule has 1 saturated heterocycles. The molecule has 0 radical (unpaired) electrons. The van der Waals surface area contributed by atoms with Gasteiger partial charge in [-0.2, -0.15) is 4.98 Å². The third kappa shape index (κ3) is 3.65. The number of rotatable bonds is 4. The molecule has 1 fully saturated rings. The van der Waals surface area contributed by atoms with E-state index in [9.17, 15) is 14.7 Å². The van der Waals surface area contributed by atoms with Crippen LogP contribution in [-0.4, -0.2) is 40.1 Å². The Hall–Kier alpha value is -3.45. The fourth-order valence-corrected chi connectivity index (χ4v) is 3.04. The smallest absolute Gasteiger partial charge is 0.345 e. The van der Waals surface area contributed by atoms with Crippen molar-refractivity contribution in [3.05, 3.63) is 70.1 Å². The quantitative estimate of drug-likeness (QED) is 0.556. The molecule has 7 nitrogen and oxygen atoms in total. The molecule has 1 aliphatic rings. The maximum Gasteiger partial charge on any atom is 0.345 e. The van der Waals surface area contributed by atoms with Gasteiger partial charge in [-0.25, -0.2) is 4.79 Å². The largest absolute Gasteiger partial charge is 0.508 e. The molecule has 0 saturated carbocycles. The molecule has 0 atom stereocenters. The van der Waals surface area contributed by atoms with Gasteiger partial charge in [-0.15, -0.1) is 0 Å². The third-order valence-electron chi connectivity index (χ3n) is 4.81. The second kappa shape index (κ2) is 7.28. The van der Waals surface area contributed by atoms with Crippen molar-refractivity contribution in [1.29, 1.82) is 0 Å². The van der Waals surface area contributed by atoms with E-state index in [4.69, 9.17) is 0 Å². The number of amides is 1. The summed E-state index contributed by atoms with van der Waals surface area (Å²) in [5, 5.41) is 15.8. The zero-order chi connectivity index (χ0) is 19.7. The Labute approximate surface area is 161 Å². The van der Waals surface area contributed by atoms with Gasteiger partial charge in [0, 0.05) is 24.2 Å². The maximum atomic E-state index is 12.2. The van der Waals surface area contributed by atoms with E-state index in [-0.39, 0.29) is 17.7 Å². The van der Waals surface area contributed by atoms with Gasteiger partial charge in [-0.3, -0.25) is 4.79 Å². The molecular weight excluding hydrogens is 356 g/mol. The van der Waals surface area contributed by atoms with Gasteiger partial charge in [0.2, 0.25) is 0 Å². The number of nitrogens with one attached hydrogen (secondary N) is 3. The van der Waals surface area contributed by atoms with E-state index in [1.807, 2.05) is 0 Å². The molecular formula is C21H20N4O3. The number of H-pyrrole nitrogens is 1. The van der Waals surface area contributed by atoms with Gasteiger partial charge in [-0.05, 0) is 54.4 Å². The molecule has 142 valence electrons. The molecule has 0 spiro atoms. The van der Waals surface area contributed by atoms with Gasteiger partial charge in [0.05, 0.1) is 17.4 Å². The molecule has 2 aromatic carbocycles. The zero-order valence-corrected chi connectivity index (χ0v) is 15.3. The summed E-state index contributed by atoms with van der Waals surface area (Å²) in [6, 6.07) is 14.1. The molecule has 0 unspecified atom stereocenters. The van der Waals surface area contributed by atoms with E-state index in [2.05, 4.69) is 20.6 Å². The van der Waals surface area contributed by atoms with Gasteiger partial charge in [0.25, 0.3) is 5.91 Å². The Morgan fingerprint density at radius 3 is 2.46 bits per heavy atom. The van der Waals surface area contributed by atoms with Crippen LogP contribution in [0.25, 0.3) is 22.5 Å². The molecule has 2 heterocycles. The van der Waals surface area contributed by atoms with Gasteiger partial charge in [0.1, 0.15) is 5.75 Å². The Bertz CT molecular complexity index is 1090. The highest BCUT2D eigenvalue weighted by atomic mass is 16.3. The van der Waals surface area contributed by atoms with Crippen LogP contribution in [0.1, 0.15) is 15.9 Å². The summed E-state index contributed by atoms with van der Waals surface area (Å²) in [5.41, 5.74) is 3.46. The number of aromatic amines is 1. The van der Waals surface area contributed by atoms with Crippen molar-refractivity contribution < 1.29 is 9.90 Å². The molecule has 3 aromatic rings. The first kappa shape index (κ1) is 17.9. The normalized spacial score (nSPS) is 13.8. The van der Waals surface area contributed by atoms with Crippen molar-refractivity contribution in [1.82, 2.24) is 20.6 Å². The highest BCUT2D eigenvalue weighted by molar-refractivity contribution is 5.95. The number of carbonyl (C=O) groups is 1. The Morgan fingerprint density at radius 1 is 1.11 bits per heavy atom. The van der Waals surface area contributed by atoms with Crippen molar-refractivity contribution in [2.75, 3.05) is 13.1 Å². The van der Waals surface area contributed by atoms with Crippen LogP contribution < -0.4 is 16.3 Å². The average Bonchev–Trinajstić information content (AvgIpc) is 2.66. The molecule has 4 rings (SSSR count). The number of aromatic hydroxyl groups is 1. The van der Waals surface area contributed by atoms with Gasteiger partial charge in [-0.1, -0.05) is 12.1 Å². The minimum Gasteiger partial charge on any atom is -0.508 e. The van der Waals surface area contributed by atoms with Crippen LogP contribution in [0.2, 0.25) is 0 Å². The highest BCUT2D eigenvalue weighted by Crippen LogP contribution is 2.26. The van der Waals surface area contributed by atoms with Crippen LogP contribution in [0.5, 0.6) is 5.75 Å².